The van der Waals surface area contributed by atoms with E-state index in [0.717, 1.165) is 5.69 Å². The zero-order valence-electron chi connectivity index (χ0n) is 12.2. The van der Waals surface area contributed by atoms with E-state index in [4.69, 9.17) is 14.8 Å². The molecule has 0 aliphatic rings. The summed E-state index contributed by atoms with van der Waals surface area (Å²) in [4.78, 5) is 0. The first kappa shape index (κ1) is 15.8. The largest absolute Gasteiger partial charge is 0.399 e. The summed E-state index contributed by atoms with van der Waals surface area (Å²) < 4.78 is 24.7. The number of rotatable bonds is 7. The zero-order chi connectivity index (χ0) is 15.3. The lowest BCUT2D eigenvalue weighted by molar-refractivity contribution is 0.219. The lowest BCUT2D eigenvalue weighted by atomic mass is 10.3. The van der Waals surface area contributed by atoms with Crippen LogP contribution in [0.1, 0.15) is 19.5 Å². The van der Waals surface area contributed by atoms with Crippen molar-refractivity contribution in [2.24, 2.45) is 0 Å². The molecular weight excluding hydrogens is 289 g/mol. The van der Waals surface area contributed by atoms with Crippen molar-refractivity contribution < 1.29 is 13.6 Å². The van der Waals surface area contributed by atoms with Crippen molar-refractivity contribution in [2.45, 2.75) is 20.0 Å². The molecular formula is C14H20N3O3P. The Balaban J connectivity index is 2.15. The molecule has 0 amide bonds. The van der Waals surface area contributed by atoms with Gasteiger partial charge in [-0.15, -0.1) is 0 Å². The minimum Gasteiger partial charge on any atom is -0.399 e. The molecule has 0 saturated heterocycles. The Hall–Kier alpha value is -1.62. The van der Waals surface area contributed by atoms with Gasteiger partial charge >= 0.3 is 7.60 Å². The summed E-state index contributed by atoms with van der Waals surface area (Å²) in [5.74, 6) is 0. The average Bonchev–Trinajstić information content (AvgIpc) is 2.88. The number of nitrogens with zero attached hydrogens (tertiary/aromatic N) is 2. The first-order valence-corrected chi connectivity index (χ1v) is 8.57. The first-order valence-electron chi connectivity index (χ1n) is 6.85. The molecule has 2 aromatic rings. The first-order chi connectivity index (χ1) is 10.1. The quantitative estimate of drug-likeness (QED) is 0.627. The predicted octanol–water partition coefficient (Wildman–Crippen LogP) is 3.22. The molecule has 0 radical (unpaired) electrons. The summed E-state index contributed by atoms with van der Waals surface area (Å²) >= 11 is 0. The molecule has 0 saturated carbocycles. The maximum atomic E-state index is 12.5. The molecule has 1 aromatic heterocycles. The molecule has 0 aliphatic heterocycles. The van der Waals surface area contributed by atoms with E-state index < -0.39 is 7.60 Å². The molecule has 1 heterocycles. The van der Waals surface area contributed by atoms with E-state index >= 15 is 0 Å². The number of nitrogen functional groups attached to an aromatic ring is 1. The van der Waals surface area contributed by atoms with E-state index in [9.17, 15) is 4.57 Å². The van der Waals surface area contributed by atoms with Gasteiger partial charge in [-0.3, -0.25) is 4.57 Å². The van der Waals surface area contributed by atoms with Gasteiger partial charge in [0, 0.05) is 11.9 Å². The van der Waals surface area contributed by atoms with Crippen LogP contribution in [0.2, 0.25) is 0 Å². The lowest BCUT2D eigenvalue weighted by Crippen LogP contribution is -2.01. The summed E-state index contributed by atoms with van der Waals surface area (Å²) in [7, 11) is -3.12. The van der Waals surface area contributed by atoms with Gasteiger partial charge in [0.25, 0.3) is 0 Å². The van der Waals surface area contributed by atoms with Gasteiger partial charge in [-0.25, -0.2) is 4.68 Å². The Morgan fingerprint density at radius 3 is 2.33 bits per heavy atom. The number of nitrogens with two attached hydrogens (primary N) is 1. The molecule has 2 N–H and O–H groups in total. The van der Waals surface area contributed by atoms with E-state index in [2.05, 4.69) is 5.10 Å². The van der Waals surface area contributed by atoms with E-state index in [-0.39, 0.29) is 6.16 Å². The number of hydrogen-bond donors (Lipinski definition) is 1. The molecule has 114 valence electrons. The van der Waals surface area contributed by atoms with Crippen LogP contribution in [-0.4, -0.2) is 23.0 Å². The van der Waals surface area contributed by atoms with E-state index in [1.807, 2.05) is 30.5 Å². The number of hydrogen-bond acceptors (Lipinski definition) is 5. The van der Waals surface area contributed by atoms with Gasteiger partial charge in [0.2, 0.25) is 0 Å². The van der Waals surface area contributed by atoms with Crippen LogP contribution in [-0.2, 0) is 19.8 Å². The van der Waals surface area contributed by atoms with E-state index in [1.54, 1.807) is 24.6 Å². The fraction of sp³-hybridized carbons (Fsp3) is 0.357. The van der Waals surface area contributed by atoms with Crippen molar-refractivity contribution in [1.29, 1.82) is 0 Å². The Bertz CT molecular complexity index is 615. The third kappa shape index (κ3) is 4.17. The predicted molar refractivity (Wildman–Crippen MR) is 82.5 cm³/mol. The van der Waals surface area contributed by atoms with Crippen LogP contribution in [0.4, 0.5) is 5.69 Å². The van der Waals surface area contributed by atoms with Gasteiger partial charge in [0.1, 0.15) is 0 Å². The molecule has 0 aliphatic carbocycles. The molecule has 21 heavy (non-hydrogen) atoms. The third-order valence-electron chi connectivity index (χ3n) is 2.81. The average molecular weight is 309 g/mol. The van der Waals surface area contributed by atoms with Gasteiger partial charge < -0.3 is 14.8 Å². The van der Waals surface area contributed by atoms with Gasteiger partial charge in [-0.1, -0.05) is 0 Å². The fourth-order valence-corrected chi connectivity index (χ4v) is 3.55. The normalized spacial score (nSPS) is 11.7. The van der Waals surface area contributed by atoms with Crippen LogP contribution in [0.15, 0.2) is 36.5 Å². The van der Waals surface area contributed by atoms with Crippen molar-refractivity contribution in [3.05, 3.63) is 42.2 Å². The van der Waals surface area contributed by atoms with Crippen molar-refractivity contribution in [3.8, 4) is 5.69 Å². The van der Waals surface area contributed by atoms with Crippen LogP contribution in [0, 0.1) is 0 Å². The second-order valence-electron chi connectivity index (χ2n) is 4.45. The van der Waals surface area contributed by atoms with Crippen LogP contribution >= 0.6 is 7.60 Å². The highest BCUT2D eigenvalue weighted by molar-refractivity contribution is 7.53. The van der Waals surface area contributed by atoms with Crippen LogP contribution in [0.25, 0.3) is 5.69 Å². The second kappa shape index (κ2) is 6.89. The molecule has 0 bridgehead atoms. The lowest BCUT2D eigenvalue weighted by Gasteiger charge is -2.15. The summed E-state index contributed by atoms with van der Waals surface area (Å²) in [6.07, 6.45) is 1.97. The summed E-state index contributed by atoms with van der Waals surface area (Å²) in [5, 5.41) is 4.40. The van der Waals surface area contributed by atoms with Crippen molar-refractivity contribution in [3.63, 3.8) is 0 Å². The third-order valence-corrected chi connectivity index (χ3v) is 4.82. The van der Waals surface area contributed by atoms with Gasteiger partial charge in [-0.2, -0.15) is 5.10 Å². The minimum absolute atomic E-state index is 0.163. The zero-order valence-corrected chi connectivity index (χ0v) is 13.1. The van der Waals surface area contributed by atoms with E-state index in [0.29, 0.717) is 24.6 Å². The van der Waals surface area contributed by atoms with Crippen molar-refractivity contribution >= 4 is 13.3 Å². The van der Waals surface area contributed by atoms with Gasteiger partial charge in [0.15, 0.2) is 0 Å². The smallest absolute Gasteiger partial charge is 0.336 e. The van der Waals surface area contributed by atoms with Crippen LogP contribution < -0.4 is 5.73 Å². The summed E-state index contributed by atoms with van der Waals surface area (Å²) in [6, 6.07) is 9.17. The van der Waals surface area contributed by atoms with Crippen molar-refractivity contribution in [1.82, 2.24) is 9.78 Å². The highest BCUT2D eigenvalue weighted by atomic mass is 31.2. The molecule has 0 unspecified atom stereocenters. The molecule has 2 rings (SSSR count). The highest BCUT2D eigenvalue weighted by Gasteiger charge is 2.25. The number of aromatic nitrogens is 2. The Labute approximate surface area is 124 Å². The standard InChI is InChI=1S/C14H20N3O3P/c1-3-19-21(18,20-4-2)11-13-9-10-17(16-13)14-7-5-12(15)6-8-14/h5-10H,3-4,11,15H2,1-2H3. The number of anilines is 1. The van der Waals surface area contributed by atoms with Gasteiger partial charge in [0.05, 0.1) is 30.8 Å². The summed E-state index contributed by atoms with van der Waals surface area (Å²) in [6.45, 7) is 4.27. The fourth-order valence-electron chi connectivity index (χ4n) is 1.94. The Morgan fingerprint density at radius 2 is 1.76 bits per heavy atom. The monoisotopic (exact) mass is 309 g/mol. The minimum atomic E-state index is -3.12. The maximum Gasteiger partial charge on any atom is 0.336 e. The van der Waals surface area contributed by atoms with Gasteiger partial charge in [-0.05, 0) is 44.2 Å². The maximum absolute atomic E-state index is 12.5. The molecule has 0 atom stereocenters. The molecule has 6 nitrogen and oxygen atoms in total. The molecule has 0 fully saturated rings. The van der Waals surface area contributed by atoms with E-state index in [1.165, 1.54) is 0 Å². The molecule has 1 aromatic carbocycles. The topological polar surface area (TPSA) is 79.4 Å². The molecule has 7 heteroatoms. The van der Waals surface area contributed by atoms with Crippen LogP contribution in [0.5, 0.6) is 0 Å². The Kier molecular flexibility index (Phi) is 5.17. The summed E-state index contributed by atoms with van der Waals surface area (Å²) in [5.41, 5.74) is 7.91. The molecule has 0 spiro atoms. The highest BCUT2D eigenvalue weighted by Crippen LogP contribution is 2.50. The Morgan fingerprint density at radius 1 is 1.14 bits per heavy atom. The van der Waals surface area contributed by atoms with Crippen LogP contribution in [0.3, 0.4) is 0 Å². The second-order valence-corrected chi connectivity index (χ2v) is 6.50. The SMILES string of the molecule is CCOP(=O)(Cc1ccn(-c2ccc(N)cc2)n1)OCC. The van der Waals surface area contributed by atoms with Crippen molar-refractivity contribution in [2.75, 3.05) is 18.9 Å². The number of benzene rings is 1.